The molecule has 4 amide bonds. The number of ether oxygens (including phenoxy) is 1. The van der Waals surface area contributed by atoms with Gasteiger partial charge in [0, 0.05) is 37.4 Å². The molecule has 1 aromatic rings. The molecule has 2 fully saturated rings. The summed E-state index contributed by atoms with van der Waals surface area (Å²) in [5, 5.41) is 13.5. The number of benzene rings is 1. The fourth-order valence-corrected chi connectivity index (χ4v) is 4.23. The lowest BCUT2D eigenvalue weighted by Gasteiger charge is -2.29. The quantitative estimate of drug-likeness (QED) is 0.388. The fraction of sp³-hybridized carbons (Fsp3) is 0.476. The van der Waals surface area contributed by atoms with E-state index in [0.717, 1.165) is 4.90 Å². The van der Waals surface area contributed by atoms with Gasteiger partial charge in [-0.25, -0.2) is 9.59 Å². The van der Waals surface area contributed by atoms with E-state index in [1.54, 1.807) is 38.2 Å². The number of alkyl halides is 3. The first kappa shape index (κ1) is 28.8. The minimum absolute atomic E-state index is 0.111. The Morgan fingerprint density at radius 1 is 1.22 bits per heavy atom. The van der Waals surface area contributed by atoms with Gasteiger partial charge in [0.1, 0.15) is 5.54 Å². The Morgan fingerprint density at radius 2 is 1.75 bits per heavy atom. The van der Waals surface area contributed by atoms with Crippen LogP contribution in [0.2, 0.25) is 5.02 Å². The monoisotopic (exact) mass is 536 g/mol. The number of nitrogens with one attached hydrogen (secondary N) is 2. The molecule has 198 valence electrons. The number of fused-ring (bicyclic) bond motifs is 1. The van der Waals surface area contributed by atoms with Crippen LogP contribution in [-0.2, 0) is 23.9 Å². The van der Waals surface area contributed by atoms with Gasteiger partial charge in [0.2, 0.25) is 11.8 Å². The van der Waals surface area contributed by atoms with Crippen LogP contribution in [0, 0.1) is 11.8 Å². The molecule has 0 aliphatic carbocycles. The fourth-order valence-electron chi connectivity index (χ4n) is 4.10. The third-order valence-electron chi connectivity index (χ3n) is 5.88. The maximum atomic E-state index is 12.7. The second-order valence-electron chi connectivity index (χ2n) is 8.30. The van der Waals surface area contributed by atoms with Crippen LogP contribution < -0.4 is 10.6 Å². The second-order valence-corrected chi connectivity index (χ2v) is 8.74. The van der Waals surface area contributed by atoms with Gasteiger partial charge in [0.25, 0.3) is 0 Å². The first-order valence-corrected chi connectivity index (χ1v) is 10.7. The van der Waals surface area contributed by atoms with E-state index in [-0.39, 0.29) is 12.5 Å². The smallest absolute Gasteiger partial charge is 0.475 e. The molecule has 3 N–H and O–H groups in total. The third kappa shape index (κ3) is 5.87. The topological polar surface area (TPSA) is 145 Å². The zero-order chi connectivity index (χ0) is 27.6. The van der Waals surface area contributed by atoms with Crippen molar-refractivity contribution in [2.45, 2.75) is 24.7 Å². The van der Waals surface area contributed by atoms with Crippen LogP contribution in [0.3, 0.4) is 0 Å². The van der Waals surface area contributed by atoms with Crippen molar-refractivity contribution < 1.29 is 47.0 Å². The highest BCUT2D eigenvalue weighted by atomic mass is 35.5. The van der Waals surface area contributed by atoms with Crippen LogP contribution in [-0.4, -0.2) is 90.2 Å². The van der Waals surface area contributed by atoms with Crippen LogP contribution in [0.15, 0.2) is 24.3 Å². The first-order valence-electron chi connectivity index (χ1n) is 10.3. The lowest BCUT2D eigenvalue weighted by Crippen LogP contribution is -2.56. The van der Waals surface area contributed by atoms with Crippen molar-refractivity contribution in [3.63, 3.8) is 0 Å². The summed E-state index contributed by atoms with van der Waals surface area (Å²) in [5.74, 6) is -5.84. The number of amides is 4. The molecular formula is C21H24ClF3N4O7. The lowest BCUT2D eigenvalue weighted by molar-refractivity contribution is -0.192. The summed E-state index contributed by atoms with van der Waals surface area (Å²) in [7, 11) is 4.20. The average Bonchev–Trinajstić information content (AvgIpc) is 3.22. The van der Waals surface area contributed by atoms with Gasteiger partial charge in [-0.2, -0.15) is 13.2 Å². The van der Waals surface area contributed by atoms with Gasteiger partial charge < -0.3 is 20.1 Å². The predicted molar refractivity (Wildman–Crippen MR) is 119 cm³/mol. The number of likely N-dealkylation sites (tertiary alicyclic amines) is 1. The number of hydrogen-bond acceptors (Lipinski definition) is 7. The van der Waals surface area contributed by atoms with E-state index in [9.17, 15) is 32.3 Å². The Bertz CT molecular complexity index is 1050. The number of likely N-dealkylation sites (N-methyl/N-ethyl adjacent to an activating group) is 1. The summed E-state index contributed by atoms with van der Waals surface area (Å²) in [5.41, 5.74) is -0.788. The van der Waals surface area contributed by atoms with Gasteiger partial charge >= 0.3 is 24.1 Å². The van der Waals surface area contributed by atoms with Gasteiger partial charge in [-0.15, -0.1) is 0 Å². The van der Waals surface area contributed by atoms with E-state index < -0.39 is 53.5 Å². The zero-order valence-corrected chi connectivity index (χ0v) is 20.3. The number of carbonyl (C=O) groups excluding carboxylic acids is 4. The van der Waals surface area contributed by atoms with Crippen molar-refractivity contribution in [1.82, 2.24) is 15.1 Å². The number of halogens is 4. The summed E-state index contributed by atoms with van der Waals surface area (Å²) in [6.07, 6.45) is -5.08. The minimum atomic E-state index is -5.08. The molecule has 1 aromatic carbocycles. The molecule has 2 heterocycles. The average molecular weight is 537 g/mol. The van der Waals surface area contributed by atoms with Crippen molar-refractivity contribution in [2.24, 2.45) is 11.8 Å². The van der Waals surface area contributed by atoms with Gasteiger partial charge in [-0.1, -0.05) is 11.6 Å². The predicted octanol–water partition coefficient (Wildman–Crippen LogP) is 1.57. The van der Waals surface area contributed by atoms with Gasteiger partial charge in [-0.3, -0.25) is 24.6 Å². The molecule has 0 aromatic heterocycles. The SMILES string of the molecule is COC(=O)[C@]1(C)N[C@H](CN(C)C(=O)Nc2ccc(Cl)cc2)[C@@H]2C(=O)N(C)C(=O)[C@@H]21.O=C(O)C(F)(F)F. The molecule has 0 spiro atoms. The normalized spacial score (nSPS) is 25.0. The zero-order valence-electron chi connectivity index (χ0n) is 19.6. The Hall–Kier alpha value is -3.39. The highest BCUT2D eigenvalue weighted by Gasteiger charge is 2.66. The van der Waals surface area contributed by atoms with Gasteiger partial charge in [0.15, 0.2) is 0 Å². The number of urea groups is 1. The molecule has 0 radical (unpaired) electrons. The van der Waals surface area contributed by atoms with Crippen LogP contribution in [0.1, 0.15) is 6.92 Å². The van der Waals surface area contributed by atoms with E-state index in [1.165, 1.54) is 19.1 Å². The number of nitrogens with zero attached hydrogens (tertiary/aromatic N) is 2. The Morgan fingerprint density at radius 3 is 2.22 bits per heavy atom. The van der Waals surface area contributed by atoms with E-state index in [1.807, 2.05) is 0 Å². The minimum Gasteiger partial charge on any atom is -0.475 e. The number of carboxylic acids is 1. The Kier molecular flexibility index (Phi) is 8.57. The standard InChI is InChI=1S/C19H23ClN4O5.C2HF3O2/c1-19(17(27)29-4)14-13(15(25)24(3)16(14)26)12(22-19)9-23(2)18(28)21-11-7-5-10(20)6-8-11;3-2(4,5)1(6)7/h5-8,12-14,22H,9H2,1-4H3,(H,21,28);(H,6,7)/t12-,13+,14-,19-;/m1./s1. The molecule has 3 rings (SSSR count). The molecule has 2 aliphatic rings. The summed E-state index contributed by atoms with van der Waals surface area (Å²) in [6.45, 7) is 1.66. The van der Waals surface area contributed by atoms with E-state index >= 15 is 0 Å². The molecule has 2 aliphatic heterocycles. The molecule has 15 heteroatoms. The maximum Gasteiger partial charge on any atom is 0.490 e. The molecule has 0 saturated carbocycles. The molecule has 0 unspecified atom stereocenters. The molecule has 2 saturated heterocycles. The first-order chi connectivity index (χ1) is 16.5. The van der Waals surface area contributed by atoms with E-state index in [2.05, 4.69) is 10.6 Å². The molecule has 4 atom stereocenters. The number of anilines is 1. The number of hydrogen-bond donors (Lipinski definition) is 3. The third-order valence-corrected chi connectivity index (χ3v) is 6.13. The maximum absolute atomic E-state index is 12.7. The summed E-state index contributed by atoms with van der Waals surface area (Å²) in [6, 6.07) is 5.65. The Balaban J connectivity index is 0.000000572. The second kappa shape index (κ2) is 10.7. The molecule has 11 nitrogen and oxygen atoms in total. The van der Waals surface area contributed by atoms with Crippen molar-refractivity contribution in [1.29, 1.82) is 0 Å². The summed E-state index contributed by atoms with van der Waals surface area (Å²) < 4.78 is 36.6. The number of carbonyl (C=O) groups is 5. The number of methoxy groups -OCH3 is 1. The molecular weight excluding hydrogens is 513 g/mol. The van der Waals surface area contributed by atoms with Crippen LogP contribution in [0.5, 0.6) is 0 Å². The highest BCUT2D eigenvalue weighted by Crippen LogP contribution is 2.43. The van der Waals surface area contributed by atoms with Crippen molar-refractivity contribution in [3.05, 3.63) is 29.3 Å². The molecule has 36 heavy (non-hydrogen) atoms. The number of carboxylic acid groups (broad SMARTS) is 1. The summed E-state index contributed by atoms with van der Waals surface area (Å²) >= 11 is 5.84. The van der Waals surface area contributed by atoms with E-state index in [0.29, 0.717) is 10.7 Å². The van der Waals surface area contributed by atoms with Crippen molar-refractivity contribution in [2.75, 3.05) is 33.1 Å². The van der Waals surface area contributed by atoms with Gasteiger partial charge in [0.05, 0.1) is 18.9 Å². The number of esters is 1. The van der Waals surface area contributed by atoms with Crippen molar-refractivity contribution in [3.8, 4) is 0 Å². The van der Waals surface area contributed by atoms with Crippen molar-refractivity contribution >= 4 is 47.1 Å². The van der Waals surface area contributed by atoms with Crippen LogP contribution in [0.4, 0.5) is 23.7 Å². The van der Waals surface area contributed by atoms with Gasteiger partial charge in [-0.05, 0) is 31.2 Å². The highest BCUT2D eigenvalue weighted by molar-refractivity contribution is 6.30. The lowest BCUT2D eigenvalue weighted by atomic mass is 9.81. The Labute approximate surface area is 208 Å². The van der Waals surface area contributed by atoms with E-state index in [4.69, 9.17) is 26.2 Å². The van der Waals surface area contributed by atoms with Crippen LogP contribution in [0.25, 0.3) is 0 Å². The number of aliphatic carboxylic acids is 1. The molecule has 0 bridgehead atoms. The number of rotatable bonds is 4. The van der Waals surface area contributed by atoms with Crippen LogP contribution >= 0.6 is 11.6 Å². The largest absolute Gasteiger partial charge is 0.490 e. The summed E-state index contributed by atoms with van der Waals surface area (Å²) in [4.78, 5) is 61.5. The number of imide groups is 1.